The zero-order valence-corrected chi connectivity index (χ0v) is 10.5. The number of nitrogens with zero attached hydrogens (tertiary/aromatic N) is 2. The van der Waals surface area contributed by atoms with Gasteiger partial charge in [0.25, 0.3) is 0 Å². The molecule has 4 heteroatoms. The first-order valence-electron chi connectivity index (χ1n) is 6.70. The predicted molar refractivity (Wildman–Crippen MR) is 70.1 cm³/mol. The lowest BCUT2D eigenvalue weighted by molar-refractivity contribution is -0.127. The molecule has 2 heterocycles. The molecule has 1 amide bonds. The molecule has 1 saturated heterocycles. The number of carbonyl (C=O) groups excluding carboxylic acids is 1. The van der Waals surface area contributed by atoms with Gasteiger partial charge in [-0.2, -0.15) is 0 Å². The number of hydrogen-bond donors (Lipinski definition) is 1. The van der Waals surface area contributed by atoms with Gasteiger partial charge in [0, 0.05) is 18.8 Å². The van der Waals surface area contributed by atoms with Crippen molar-refractivity contribution in [3.05, 3.63) is 24.4 Å². The maximum atomic E-state index is 12.7. The topological polar surface area (TPSA) is 59.2 Å². The maximum absolute atomic E-state index is 12.7. The van der Waals surface area contributed by atoms with Gasteiger partial charge in [-0.05, 0) is 37.8 Å². The molecule has 18 heavy (non-hydrogen) atoms. The fraction of sp³-hybridized carbons (Fsp3) is 0.571. The normalized spacial score (nSPS) is 32.2. The van der Waals surface area contributed by atoms with Crippen molar-refractivity contribution in [3.63, 3.8) is 0 Å². The highest BCUT2D eigenvalue weighted by atomic mass is 16.2. The molecule has 2 unspecified atom stereocenters. The molecule has 2 aliphatic rings. The molecule has 4 nitrogen and oxygen atoms in total. The third kappa shape index (κ3) is 1.81. The van der Waals surface area contributed by atoms with Crippen LogP contribution in [0.25, 0.3) is 0 Å². The number of amides is 1. The molecule has 1 aliphatic heterocycles. The van der Waals surface area contributed by atoms with E-state index in [2.05, 4.69) is 4.98 Å². The van der Waals surface area contributed by atoms with Crippen LogP contribution < -0.4 is 10.6 Å². The van der Waals surface area contributed by atoms with Crippen molar-refractivity contribution >= 4 is 11.7 Å². The number of rotatable bonds is 1. The van der Waals surface area contributed by atoms with E-state index in [1.54, 1.807) is 6.20 Å². The smallest absolute Gasteiger partial charge is 0.234 e. The second kappa shape index (κ2) is 4.35. The van der Waals surface area contributed by atoms with Crippen molar-refractivity contribution < 1.29 is 4.79 Å². The van der Waals surface area contributed by atoms with E-state index < -0.39 is 0 Å². The molecule has 1 spiro atoms. The number of aromatic nitrogens is 1. The summed E-state index contributed by atoms with van der Waals surface area (Å²) in [5.74, 6) is 1.01. The summed E-state index contributed by atoms with van der Waals surface area (Å²) in [4.78, 5) is 18.8. The Kier molecular flexibility index (Phi) is 2.82. The van der Waals surface area contributed by atoms with E-state index in [4.69, 9.17) is 5.73 Å². The summed E-state index contributed by atoms with van der Waals surface area (Å²) in [7, 11) is 0. The van der Waals surface area contributed by atoms with Crippen LogP contribution >= 0.6 is 0 Å². The highest BCUT2D eigenvalue weighted by Gasteiger charge is 2.49. The zero-order valence-electron chi connectivity index (χ0n) is 10.5. The third-order valence-electron chi connectivity index (χ3n) is 4.32. The summed E-state index contributed by atoms with van der Waals surface area (Å²) in [5.41, 5.74) is 5.85. The van der Waals surface area contributed by atoms with E-state index in [0.29, 0.717) is 0 Å². The van der Waals surface area contributed by atoms with Gasteiger partial charge in [-0.3, -0.25) is 9.69 Å². The number of hydrogen-bond acceptors (Lipinski definition) is 3. The molecule has 1 aliphatic carbocycles. The molecule has 1 saturated carbocycles. The fourth-order valence-corrected chi connectivity index (χ4v) is 3.38. The second-order valence-electron chi connectivity index (χ2n) is 5.53. The molecule has 0 bridgehead atoms. The van der Waals surface area contributed by atoms with Crippen LogP contribution in [0.3, 0.4) is 0 Å². The first kappa shape index (κ1) is 11.7. The Morgan fingerprint density at radius 3 is 3.00 bits per heavy atom. The lowest BCUT2D eigenvalue weighted by Gasteiger charge is -2.34. The summed E-state index contributed by atoms with van der Waals surface area (Å²) in [6.45, 7) is 0.780. The van der Waals surface area contributed by atoms with Crippen molar-refractivity contribution in [2.45, 2.75) is 38.1 Å². The largest absolute Gasteiger partial charge is 0.328 e. The molecule has 2 atom stereocenters. The van der Waals surface area contributed by atoms with E-state index in [0.717, 1.165) is 44.5 Å². The van der Waals surface area contributed by atoms with Crippen molar-refractivity contribution in [1.29, 1.82) is 0 Å². The monoisotopic (exact) mass is 245 g/mol. The number of anilines is 1. The first-order valence-corrected chi connectivity index (χ1v) is 6.70. The van der Waals surface area contributed by atoms with Crippen molar-refractivity contribution in [2.24, 2.45) is 11.1 Å². The first-order chi connectivity index (χ1) is 8.71. The van der Waals surface area contributed by atoms with Crippen LogP contribution in [0, 0.1) is 5.41 Å². The van der Waals surface area contributed by atoms with E-state index >= 15 is 0 Å². The standard InChI is InChI=1S/C14H19N3O/c15-11-4-3-6-14(10-11)7-9-17(13(14)18)12-5-1-2-8-16-12/h1-2,5,8,11H,3-4,6-7,9-10,15H2. The van der Waals surface area contributed by atoms with Crippen LogP contribution in [-0.2, 0) is 4.79 Å². The summed E-state index contributed by atoms with van der Waals surface area (Å²) in [6, 6.07) is 5.88. The molecule has 3 rings (SSSR count). The minimum atomic E-state index is -0.199. The van der Waals surface area contributed by atoms with E-state index in [9.17, 15) is 4.79 Å². The van der Waals surface area contributed by atoms with Gasteiger partial charge in [0.1, 0.15) is 5.82 Å². The second-order valence-corrected chi connectivity index (χ2v) is 5.53. The molecule has 0 radical (unpaired) electrons. The lowest BCUT2D eigenvalue weighted by Crippen LogP contribution is -2.42. The highest BCUT2D eigenvalue weighted by Crippen LogP contribution is 2.45. The summed E-state index contributed by atoms with van der Waals surface area (Å²) < 4.78 is 0. The number of pyridine rings is 1. The van der Waals surface area contributed by atoms with Crippen LogP contribution in [0.2, 0.25) is 0 Å². The number of carbonyl (C=O) groups is 1. The van der Waals surface area contributed by atoms with Gasteiger partial charge < -0.3 is 5.73 Å². The van der Waals surface area contributed by atoms with Crippen molar-refractivity contribution in [3.8, 4) is 0 Å². The quantitative estimate of drug-likeness (QED) is 0.819. The molecule has 96 valence electrons. The molecule has 0 aromatic carbocycles. The fourth-order valence-electron chi connectivity index (χ4n) is 3.38. The van der Waals surface area contributed by atoms with Crippen LogP contribution in [0.1, 0.15) is 32.1 Å². The van der Waals surface area contributed by atoms with Crippen LogP contribution in [0.15, 0.2) is 24.4 Å². The average molecular weight is 245 g/mol. The highest BCUT2D eigenvalue weighted by molar-refractivity contribution is 5.99. The van der Waals surface area contributed by atoms with Gasteiger partial charge in [0.2, 0.25) is 5.91 Å². The van der Waals surface area contributed by atoms with Crippen LogP contribution in [-0.4, -0.2) is 23.5 Å². The molecule has 2 N–H and O–H groups in total. The van der Waals surface area contributed by atoms with Gasteiger partial charge in [0.05, 0.1) is 5.41 Å². The van der Waals surface area contributed by atoms with Crippen molar-refractivity contribution in [2.75, 3.05) is 11.4 Å². The Labute approximate surface area is 107 Å². The van der Waals surface area contributed by atoms with Gasteiger partial charge in [-0.25, -0.2) is 4.98 Å². The summed E-state index contributed by atoms with van der Waals surface area (Å²) in [5, 5.41) is 0. The summed E-state index contributed by atoms with van der Waals surface area (Å²) >= 11 is 0. The van der Waals surface area contributed by atoms with E-state index in [-0.39, 0.29) is 17.4 Å². The Balaban J connectivity index is 1.84. The lowest BCUT2D eigenvalue weighted by atomic mass is 9.71. The maximum Gasteiger partial charge on any atom is 0.234 e. The minimum absolute atomic E-state index is 0.186. The Morgan fingerprint density at radius 1 is 1.39 bits per heavy atom. The van der Waals surface area contributed by atoms with Crippen LogP contribution in [0.5, 0.6) is 0 Å². The van der Waals surface area contributed by atoms with Gasteiger partial charge >= 0.3 is 0 Å². The molecule has 2 fully saturated rings. The van der Waals surface area contributed by atoms with Crippen molar-refractivity contribution in [1.82, 2.24) is 4.98 Å². The molecule has 1 aromatic heterocycles. The van der Waals surface area contributed by atoms with E-state index in [1.165, 1.54) is 0 Å². The van der Waals surface area contributed by atoms with Gasteiger partial charge in [0.15, 0.2) is 0 Å². The predicted octanol–water partition coefficient (Wildman–Crippen LogP) is 1.71. The Hall–Kier alpha value is -1.42. The zero-order chi connectivity index (χ0) is 12.6. The Morgan fingerprint density at radius 2 is 2.28 bits per heavy atom. The van der Waals surface area contributed by atoms with Gasteiger partial charge in [-0.1, -0.05) is 12.5 Å². The van der Waals surface area contributed by atoms with Crippen LogP contribution in [0.4, 0.5) is 5.82 Å². The Bertz CT molecular complexity index is 448. The third-order valence-corrected chi connectivity index (χ3v) is 4.32. The summed E-state index contributed by atoms with van der Waals surface area (Å²) in [6.07, 6.45) is 6.62. The van der Waals surface area contributed by atoms with E-state index in [1.807, 2.05) is 23.1 Å². The minimum Gasteiger partial charge on any atom is -0.328 e. The molecular weight excluding hydrogens is 226 g/mol. The number of nitrogens with two attached hydrogens (primary N) is 1. The molecule has 1 aromatic rings. The molecular formula is C14H19N3O. The van der Waals surface area contributed by atoms with Gasteiger partial charge in [-0.15, -0.1) is 0 Å². The SMILES string of the molecule is NC1CCCC2(CCN(c3ccccn3)C2=O)C1. The average Bonchev–Trinajstić information content (AvgIpc) is 2.68.